The minimum Gasteiger partial charge on any atom is -0.336 e. The lowest BCUT2D eigenvalue weighted by atomic mass is 10.2. The van der Waals surface area contributed by atoms with E-state index in [1.165, 1.54) is 17.3 Å². The number of carbonyl (C=O) groups is 2. The highest BCUT2D eigenvalue weighted by Crippen LogP contribution is 2.21. The van der Waals surface area contributed by atoms with Crippen molar-refractivity contribution in [2.24, 2.45) is 0 Å². The van der Waals surface area contributed by atoms with Crippen LogP contribution in [0.4, 0.5) is 16.2 Å². The molecule has 2 aromatic rings. The van der Waals surface area contributed by atoms with Gasteiger partial charge in [-0.15, -0.1) is 0 Å². The summed E-state index contributed by atoms with van der Waals surface area (Å²) >= 11 is 0. The van der Waals surface area contributed by atoms with Crippen LogP contribution in [0.25, 0.3) is 0 Å². The van der Waals surface area contributed by atoms with E-state index < -0.39 is 6.04 Å². The highest BCUT2D eigenvalue weighted by Gasteiger charge is 2.21. The number of rotatable bonds is 4. The third-order valence-corrected chi connectivity index (χ3v) is 3.50. The zero-order valence-electron chi connectivity index (χ0n) is 12.1. The summed E-state index contributed by atoms with van der Waals surface area (Å²) in [7, 11) is 0. The average Bonchev–Trinajstić information content (AvgIpc) is 3.18. The second-order valence-corrected chi connectivity index (χ2v) is 4.97. The lowest BCUT2D eigenvalue weighted by Crippen LogP contribution is -2.28. The Labute approximate surface area is 127 Å². The molecule has 8 nitrogen and oxygen atoms in total. The van der Waals surface area contributed by atoms with Crippen molar-refractivity contribution in [2.45, 2.75) is 13.0 Å². The van der Waals surface area contributed by atoms with Gasteiger partial charge in [-0.25, -0.2) is 14.5 Å². The topological polar surface area (TPSA) is 92.2 Å². The summed E-state index contributed by atoms with van der Waals surface area (Å²) in [5.41, 5.74) is 1.38. The summed E-state index contributed by atoms with van der Waals surface area (Å²) < 4.78 is 1.48. The minimum absolute atomic E-state index is 0.125. The van der Waals surface area contributed by atoms with Gasteiger partial charge in [-0.05, 0) is 25.1 Å². The first-order chi connectivity index (χ1) is 10.6. The van der Waals surface area contributed by atoms with Gasteiger partial charge in [-0.3, -0.25) is 9.69 Å². The number of nitrogens with one attached hydrogen (secondary N) is 2. The maximum Gasteiger partial charge on any atom is 0.321 e. The Morgan fingerprint density at radius 3 is 3.00 bits per heavy atom. The van der Waals surface area contributed by atoms with E-state index in [-0.39, 0.29) is 11.9 Å². The number of hydrogen-bond acceptors (Lipinski definition) is 4. The molecular weight excluding hydrogens is 284 g/mol. The van der Waals surface area contributed by atoms with Crippen LogP contribution in [0.15, 0.2) is 36.9 Å². The zero-order valence-corrected chi connectivity index (χ0v) is 12.1. The number of carbonyl (C=O) groups excluding carboxylic acids is 2. The Morgan fingerprint density at radius 2 is 2.32 bits per heavy atom. The van der Waals surface area contributed by atoms with E-state index in [0.29, 0.717) is 18.8 Å². The molecule has 1 aliphatic rings. The SMILES string of the molecule is CC(C(=O)Nc1cccc(N2CCNC2=O)c1)n1cncn1. The summed E-state index contributed by atoms with van der Waals surface area (Å²) in [6, 6.07) is 6.60. The van der Waals surface area contributed by atoms with Crippen molar-refractivity contribution in [1.82, 2.24) is 20.1 Å². The van der Waals surface area contributed by atoms with E-state index >= 15 is 0 Å². The van der Waals surface area contributed by atoms with Gasteiger partial charge in [0.2, 0.25) is 5.91 Å². The smallest absolute Gasteiger partial charge is 0.321 e. The van der Waals surface area contributed by atoms with Crippen LogP contribution in [0.2, 0.25) is 0 Å². The van der Waals surface area contributed by atoms with Crippen molar-refractivity contribution < 1.29 is 9.59 Å². The number of hydrogen-bond donors (Lipinski definition) is 2. The Hall–Kier alpha value is -2.90. The van der Waals surface area contributed by atoms with Crippen molar-refractivity contribution in [2.75, 3.05) is 23.3 Å². The Balaban J connectivity index is 1.73. The maximum atomic E-state index is 12.2. The first-order valence-corrected chi connectivity index (χ1v) is 6.95. The molecule has 2 heterocycles. The quantitative estimate of drug-likeness (QED) is 0.881. The number of aromatic nitrogens is 3. The van der Waals surface area contributed by atoms with Crippen molar-refractivity contribution in [3.8, 4) is 0 Å². The van der Waals surface area contributed by atoms with Crippen LogP contribution < -0.4 is 15.5 Å². The molecule has 0 radical (unpaired) electrons. The number of anilines is 2. The standard InChI is InChI=1S/C14H16N6O2/c1-10(20-9-15-8-17-20)13(21)18-11-3-2-4-12(7-11)19-6-5-16-14(19)22/h2-4,7-10H,5-6H2,1H3,(H,16,22)(H,18,21). The minimum atomic E-state index is -0.471. The molecule has 22 heavy (non-hydrogen) atoms. The average molecular weight is 300 g/mol. The number of amides is 3. The second kappa shape index (κ2) is 5.84. The van der Waals surface area contributed by atoms with E-state index in [1.54, 1.807) is 30.0 Å². The molecule has 2 N–H and O–H groups in total. The van der Waals surface area contributed by atoms with Crippen molar-refractivity contribution in [3.05, 3.63) is 36.9 Å². The van der Waals surface area contributed by atoms with Crippen LogP contribution in [0, 0.1) is 0 Å². The molecule has 1 aromatic heterocycles. The molecule has 114 valence electrons. The molecule has 0 bridgehead atoms. The first kappa shape index (κ1) is 14.1. The molecule has 1 unspecified atom stereocenters. The fourth-order valence-corrected chi connectivity index (χ4v) is 2.25. The van der Waals surface area contributed by atoms with E-state index in [1.807, 2.05) is 6.07 Å². The summed E-state index contributed by atoms with van der Waals surface area (Å²) in [5, 5.41) is 9.52. The van der Waals surface area contributed by atoms with Crippen LogP contribution in [0.3, 0.4) is 0 Å². The molecule has 1 aliphatic heterocycles. The van der Waals surface area contributed by atoms with E-state index in [2.05, 4.69) is 20.7 Å². The summed E-state index contributed by atoms with van der Waals surface area (Å²) in [6.45, 7) is 2.98. The summed E-state index contributed by atoms with van der Waals surface area (Å²) in [5.74, 6) is -0.200. The van der Waals surface area contributed by atoms with Gasteiger partial charge >= 0.3 is 6.03 Å². The van der Waals surface area contributed by atoms with Crippen LogP contribution in [-0.4, -0.2) is 39.8 Å². The van der Waals surface area contributed by atoms with Gasteiger partial charge in [-0.2, -0.15) is 5.10 Å². The van der Waals surface area contributed by atoms with Crippen molar-refractivity contribution in [1.29, 1.82) is 0 Å². The van der Waals surface area contributed by atoms with Gasteiger partial charge < -0.3 is 10.6 Å². The monoisotopic (exact) mass is 300 g/mol. The maximum absolute atomic E-state index is 12.2. The van der Waals surface area contributed by atoms with Crippen LogP contribution >= 0.6 is 0 Å². The Bertz CT molecular complexity index is 684. The van der Waals surface area contributed by atoms with Gasteiger partial charge in [0, 0.05) is 24.5 Å². The zero-order chi connectivity index (χ0) is 15.5. The third kappa shape index (κ3) is 2.76. The molecule has 1 aromatic carbocycles. The fraction of sp³-hybridized carbons (Fsp3) is 0.286. The molecule has 3 rings (SSSR count). The third-order valence-electron chi connectivity index (χ3n) is 3.50. The summed E-state index contributed by atoms with van der Waals surface area (Å²) in [6.07, 6.45) is 2.88. The number of benzene rings is 1. The van der Waals surface area contributed by atoms with Crippen molar-refractivity contribution in [3.63, 3.8) is 0 Å². The molecule has 3 amide bonds. The first-order valence-electron chi connectivity index (χ1n) is 6.95. The largest absolute Gasteiger partial charge is 0.336 e. The van der Waals surface area contributed by atoms with Gasteiger partial charge in [0.25, 0.3) is 0 Å². The van der Waals surface area contributed by atoms with Crippen LogP contribution in [0.5, 0.6) is 0 Å². The van der Waals surface area contributed by atoms with Gasteiger partial charge in [0.15, 0.2) is 0 Å². The lowest BCUT2D eigenvalue weighted by molar-refractivity contribution is -0.119. The van der Waals surface area contributed by atoms with Crippen molar-refractivity contribution >= 4 is 23.3 Å². The predicted octanol–water partition coefficient (Wildman–Crippen LogP) is 1.01. The van der Waals surface area contributed by atoms with Gasteiger partial charge in [0.1, 0.15) is 18.7 Å². The number of nitrogens with zero attached hydrogens (tertiary/aromatic N) is 4. The molecule has 8 heteroatoms. The molecular formula is C14H16N6O2. The fourth-order valence-electron chi connectivity index (χ4n) is 2.25. The van der Waals surface area contributed by atoms with Gasteiger partial charge in [0.05, 0.1) is 0 Å². The Morgan fingerprint density at radius 1 is 1.45 bits per heavy atom. The number of urea groups is 1. The van der Waals surface area contributed by atoms with E-state index in [9.17, 15) is 9.59 Å². The van der Waals surface area contributed by atoms with Gasteiger partial charge in [-0.1, -0.05) is 6.07 Å². The predicted molar refractivity (Wildman–Crippen MR) is 80.5 cm³/mol. The molecule has 0 aliphatic carbocycles. The molecule has 1 fully saturated rings. The lowest BCUT2D eigenvalue weighted by Gasteiger charge is -2.16. The van der Waals surface area contributed by atoms with Crippen LogP contribution in [0.1, 0.15) is 13.0 Å². The Kier molecular flexibility index (Phi) is 3.73. The molecule has 1 atom stereocenters. The second-order valence-electron chi connectivity index (χ2n) is 4.97. The highest BCUT2D eigenvalue weighted by atomic mass is 16.2. The molecule has 1 saturated heterocycles. The normalized spacial score (nSPS) is 15.5. The molecule has 0 spiro atoms. The van der Waals surface area contributed by atoms with E-state index in [0.717, 1.165) is 5.69 Å². The molecule has 0 saturated carbocycles. The highest BCUT2D eigenvalue weighted by molar-refractivity contribution is 5.96. The van der Waals surface area contributed by atoms with Crippen LogP contribution in [-0.2, 0) is 4.79 Å². The summed E-state index contributed by atoms with van der Waals surface area (Å²) in [4.78, 5) is 29.4. The van der Waals surface area contributed by atoms with E-state index in [4.69, 9.17) is 0 Å².